The highest BCUT2D eigenvalue weighted by Gasteiger charge is 2.09. The Morgan fingerprint density at radius 1 is 1.43 bits per heavy atom. The van der Waals surface area contributed by atoms with Crippen LogP contribution < -0.4 is 5.32 Å². The number of carboxylic acids is 1. The number of amides is 1. The van der Waals surface area contributed by atoms with E-state index >= 15 is 0 Å². The van der Waals surface area contributed by atoms with Crippen molar-refractivity contribution in [2.75, 3.05) is 5.32 Å². The van der Waals surface area contributed by atoms with Gasteiger partial charge in [-0.2, -0.15) is 0 Å². The lowest BCUT2D eigenvalue weighted by Gasteiger charge is -1.96. The Kier molecular flexibility index (Phi) is 3.16. The number of hydrogen-bond donors (Lipinski definition) is 2. The second-order valence-electron chi connectivity index (χ2n) is 2.57. The third-order valence-electron chi connectivity index (χ3n) is 1.34. The number of nitrogens with zero attached hydrogens (tertiary/aromatic N) is 2. The molecule has 1 rings (SSSR count). The lowest BCUT2D eigenvalue weighted by molar-refractivity contribution is -0.138. The van der Waals surface area contributed by atoms with Crippen LogP contribution in [0.1, 0.15) is 18.7 Å². The molecule has 0 aliphatic rings. The topological polar surface area (TPSA) is 105 Å². The second kappa shape index (κ2) is 4.35. The summed E-state index contributed by atoms with van der Waals surface area (Å²) in [5.74, 6) is -1.16. The molecule has 14 heavy (non-hydrogen) atoms. The van der Waals surface area contributed by atoms with Crippen LogP contribution in [-0.2, 0) is 9.59 Å². The molecular weight excluding hydrogens is 190 g/mol. The fourth-order valence-corrected chi connectivity index (χ4v) is 0.749. The van der Waals surface area contributed by atoms with Crippen LogP contribution >= 0.6 is 0 Å². The number of carbonyl (C=O) groups excluding carboxylic acids is 1. The molecule has 1 amide bonds. The molecular formula is C7H9N3O4. The molecule has 7 nitrogen and oxygen atoms in total. The van der Waals surface area contributed by atoms with Crippen molar-refractivity contribution in [3.05, 3.63) is 5.89 Å². The minimum absolute atomic E-state index is 0.0158. The quantitative estimate of drug-likeness (QED) is 0.716. The van der Waals surface area contributed by atoms with E-state index < -0.39 is 11.9 Å². The first kappa shape index (κ1) is 10.2. The Balaban J connectivity index is 2.37. The molecule has 0 spiro atoms. The van der Waals surface area contributed by atoms with Crippen LogP contribution in [0, 0.1) is 6.92 Å². The van der Waals surface area contributed by atoms with Gasteiger partial charge in [-0.15, -0.1) is 5.10 Å². The van der Waals surface area contributed by atoms with Gasteiger partial charge >= 0.3 is 12.0 Å². The summed E-state index contributed by atoms with van der Waals surface area (Å²) in [5, 5.41) is 17.6. The molecule has 0 aromatic carbocycles. The number of carboxylic acid groups (broad SMARTS) is 1. The molecule has 0 unspecified atom stereocenters. The molecule has 76 valence electrons. The minimum atomic E-state index is -1.03. The Morgan fingerprint density at radius 3 is 2.64 bits per heavy atom. The van der Waals surface area contributed by atoms with E-state index in [9.17, 15) is 9.59 Å². The summed E-state index contributed by atoms with van der Waals surface area (Å²) in [6, 6.07) is -0.0158. The number of aliphatic carboxylic acids is 1. The van der Waals surface area contributed by atoms with E-state index in [2.05, 4.69) is 15.5 Å². The first-order valence-corrected chi connectivity index (χ1v) is 3.89. The molecule has 0 bridgehead atoms. The second-order valence-corrected chi connectivity index (χ2v) is 2.57. The summed E-state index contributed by atoms with van der Waals surface area (Å²) in [5.41, 5.74) is 0. The Bertz CT molecular complexity index is 346. The van der Waals surface area contributed by atoms with Gasteiger partial charge in [-0.25, -0.2) is 0 Å². The van der Waals surface area contributed by atoms with E-state index in [0.29, 0.717) is 5.89 Å². The van der Waals surface area contributed by atoms with Crippen molar-refractivity contribution < 1.29 is 19.1 Å². The van der Waals surface area contributed by atoms with Crippen LogP contribution in [0.5, 0.6) is 0 Å². The highest BCUT2D eigenvalue weighted by molar-refractivity contribution is 5.90. The van der Waals surface area contributed by atoms with Crippen molar-refractivity contribution in [3.8, 4) is 0 Å². The van der Waals surface area contributed by atoms with Gasteiger partial charge in [-0.05, 0) is 0 Å². The van der Waals surface area contributed by atoms with Gasteiger partial charge < -0.3 is 9.52 Å². The fourth-order valence-electron chi connectivity index (χ4n) is 0.749. The standard InChI is InChI=1S/C7H9N3O4/c1-4-9-10-7(14-4)8-5(11)2-3-6(12)13/h2-3H2,1H3,(H,12,13)(H,8,10,11). The molecule has 1 aromatic rings. The lowest BCUT2D eigenvalue weighted by Crippen LogP contribution is -2.13. The third-order valence-corrected chi connectivity index (χ3v) is 1.34. The summed E-state index contributed by atoms with van der Waals surface area (Å²) in [7, 11) is 0. The summed E-state index contributed by atoms with van der Waals surface area (Å²) in [4.78, 5) is 21.2. The highest BCUT2D eigenvalue weighted by atomic mass is 16.4. The number of aromatic nitrogens is 2. The Labute approximate surface area is 79.1 Å². The Hall–Kier alpha value is -1.92. The van der Waals surface area contributed by atoms with Gasteiger partial charge in [0, 0.05) is 13.3 Å². The number of anilines is 1. The number of carbonyl (C=O) groups is 2. The van der Waals surface area contributed by atoms with Crippen LogP contribution in [0.4, 0.5) is 6.01 Å². The largest absolute Gasteiger partial charge is 0.481 e. The van der Waals surface area contributed by atoms with Gasteiger partial charge in [0.2, 0.25) is 11.8 Å². The smallest absolute Gasteiger partial charge is 0.322 e. The first-order valence-electron chi connectivity index (χ1n) is 3.89. The van der Waals surface area contributed by atoms with Crippen LogP contribution in [-0.4, -0.2) is 27.2 Å². The van der Waals surface area contributed by atoms with E-state index in [1.54, 1.807) is 6.92 Å². The average molecular weight is 199 g/mol. The van der Waals surface area contributed by atoms with E-state index in [-0.39, 0.29) is 18.9 Å². The molecule has 0 saturated carbocycles. The SMILES string of the molecule is Cc1nnc(NC(=O)CCC(=O)O)o1. The molecule has 0 atom stereocenters. The molecule has 1 aromatic heterocycles. The van der Waals surface area contributed by atoms with Crippen LogP contribution in [0.3, 0.4) is 0 Å². The van der Waals surface area contributed by atoms with Gasteiger partial charge in [0.25, 0.3) is 0 Å². The van der Waals surface area contributed by atoms with Gasteiger partial charge in [-0.1, -0.05) is 5.10 Å². The van der Waals surface area contributed by atoms with Gasteiger partial charge in [0.05, 0.1) is 6.42 Å². The third kappa shape index (κ3) is 3.21. The van der Waals surface area contributed by atoms with Crippen molar-refractivity contribution in [1.29, 1.82) is 0 Å². The lowest BCUT2D eigenvalue weighted by atomic mass is 10.3. The summed E-state index contributed by atoms with van der Waals surface area (Å²) in [6.45, 7) is 1.58. The zero-order valence-corrected chi connectivity index (χ0v) is 7.48. The van der Waals surface area contributed by atoms with E-state index in [4.69, 9.17) is 9.52 Å². The molecule has 1 heterocycles. The van der Waals surface area contributed by atoms with Crippen molar-refractivity contribution in [3.63, 3.8) is 0 Å². The van der Waals surface area contributed by atoms with Crippen LogP contribution in [0.2, 0.25) is 0 Å². The molecule has 0 aliphatic carbocycles. The minimum Gasteiger partial charge on any atom is -0.481 e. The molecule has 0 saturated heterocycles. The predicted octanol–water partition coefficient (Wildman–Crippen LogP) is 0.181. The molecule has 0 fully saturated rings. The number of hydrogen-bond acceptors (Lipinski definition) is 5. The van der Waals surface area contributed by atoms with Crippen molar-refractivity contribution in [2.45, 2.75) is 19.8 Å². The van der Waals surface area contributed by atoms with E-state index in [0.717, 1.165) is 0 Å². The average Bonchev–Trinajstić information content (AvgIpc) is 2.48. The molecule has 0 aliphatic heterocycles. The fraction of sp³-hybridized carbons (Fsp3) is 0.429. The zero-order valence-electron chi connectivity index (χ0n) is 7.48. The number of aryl methyl sites for hydroxylation is 1. The van der Waals surface area contributed by atoms with E-state index in [1.807, 2.05) is 0 Å². The molecule has 0 radical (unpaired) electrons. The maximum absolute atomic E-state index is 11.0. The maximum Gasteiger partial charge on any atom is 0.322 e. The molecule has 2 N–H and O–H groups in total. The van der Waals surface area contributed by atoms with Crippen molar-refractivity contribution >= 4 is 17.9 Å². The summed E-state index contributed by atoms with van der Waals surface area (Å²) < 4.78 is 4.86. The first-order chi connectivity index (χ1) is 6.58. The summed E-state index contributed by atoms with van der Waals surface area (Å²) >= 11 is 0. The van der Waals surface area contributed by atoms with Gasteiger partial charge in [0.1, 0.15) is 0 Å². The van der Waals surface area contributed by atoms with Crippen LogP contribution in [0.25, 0.3) is 0 Å². The monoisotopic (exact) mass is 199 g/mol. The normalized spacial score (nSPS) is 9.79. The summed E-state index contributed by atoms with van der Waals surface area (Å²) in [6.07, 6.45) is -0.338. The number of rotatable bonds is 4. The number of nitrogens with one attached hydrogen (secondary N) is 1. The predicted molar refractivity (Wildman–Crippen MR) is 44.5 cm³/mol. The van der Waals surface area contributed by atoms with Gasteiger partial charge in [-0.3, -0.25) is 14.9 Å². The van der Waals surface area contributed by atoms with Crippen molar-refractivity contribution in [1.82, 2.24) is 10.2 Å². The maximum atomic E-state index is 11.0. The van der Waals surface area contributed by atoms with Crippen molar-refractivity contribution in [2.24, 2.45) is 0 Å². The van der Waals surface area contributed by atoms with E-state index in [1.165, 1.54) is 0 Å². The zero-order chi connectivity index (χ0) is 10.6. The van der Waals surface area contributed by atoms with Gasteiger partial charge in [0.15, 0.2) is 0 Å². The Morgan fingerprint density at radius 2 is 2.14 bits per heavy atom. The molecule has 7 heteroatoms. The van der Waals surface area contributed by atoms with Crippen LogP contribution in [0.15, 0.2) is 4.42 Å². The highest BCUT2D eigenvalue weighted by Crippen LogP contribution is 2.04.